The van der Waals surface area contributed by atoms with Crippen molar-refractivity contribution in [3.05, 3.63) is 35.1 Å². The van der Waals surface area contributed by atoms with E-state index in [1.165, 1.54) is 12.1 Å². The van der Waals surface area contributed by atoms with Crippen LogP contribution in [0.3, 0.4) is 0 Å². The Labute approximate surface area is 106 Å². The molecule has 2 unspecified atom stereocenters. The standard InChI is InChI=1S/C14H18FNO2/c1-9-5-12(7-13(15)6-9)14(18)16-4-3-11(8-16)10(2)17/h5-7,10-11,17H,3-4,8H2,1-2H3. The van der Waals surface area contributed by atoms with E-state index >= 15 is 0 Å². The fraction of sp³-hybridized carbons (Fsp3) is 0.500. The molecule has 1 N–H and O–H groups in total. The number of likely N-dealkylation sites (tertiary alicyclic amines) is 1. The molecule has 0 spiro atoms. The first kappa shape index (κ1) is 13.0. The minimum atomic E-state index is -0.406. The summed E-state index contributed by atoms with van der Waals surface area (Å²) in [7, 11) is 0. The summed E-state index contributed by atoms with van der Waals surface area (Å²) in [5.74, 6) is -0.408. The van der Waals surface area contributed by atoms with Crippen molar-refractivity contribution in [3.63, 3.8) is 0 Å². The molecule has 0 aliphatic carbocycles. The molecule has 1 fully saturated rings. The first-order valence-corrected chi connectivity index (χ1v) is 6.22. The van der Waals surface area contributed by atoms with Gasteiger partial charge in [-0.05, 0) is 44.0 Å². The first-order chi connectivity index (χ1) is 8.47. The number of aliphatic hydroxyl groups is 1. The zero-order chi connectivity index (χ0) is 13.3. The van der Waals surface area contributed by atoms with E-state index in [4.69, 9.17) is 0 Å². The Morgan fingerprint density at radius 1 is 1.50 bits per heavy atom. The van der Waals surface area contributed by atoms with Gasteiger partial charge in [0.2, 0.25) is 0 Å². The third-order valence-electron chi connectivity index (χ3n) is 3.48. The van der Waals surface area contributed by atoms with Crippen LogP contribution < -0.4 is 0 Å². The van der Waals surface area contributed by atoms with Crippen LogP contribution in [0.25, 0.3) is 0 Å². The lowest BCUT2D eigenvalue weighted by Crippen LogP contribution is -2.30. The van der Waals surface area contributed by atoms with Crippen LogP contribution >= 0.6 is 0 Å². The number of aliphatic hydroxyl groups excluding tert-OH is 1. The van der Waals surface area contributed by atoms with Crippen LogP contribution in [0.5, 0.6) is 0 Å². The molecule has 0 bridgehead atoms. The number of carbonyl (C=O) groups excluding carboxylic acids is 1. The molecule has 0 radical (unpaired) electrons. The molecule has 1 amide bonds. The Hall–Kier alpha value is -1.42. The Kier molecular flexibility index (Phi) is 3.66. The van der Waals surface area contributed by atoms with Crippen LogP contribution in [-0.4, -0.2) is 35.1 Å². The van der Waals surface area contributed by atoms with Crippen molar-refractivity contribution in [2.45, 2.75) is 26.4 Å². The molecular formula is C14H18FNO2. The van der Waals surface area contributed by atoms with E-state index in [0.29, 0.717) is 18.7 Å². The van der Waals surface area contributed by atoms with Crippen molar-refractivity contribution in [3.8, 4) is 0 Å². The van der Waals surface area contributed by atoms with Crippen LogP contribution in [0.15, 0.2) is 18.2 Å². The fourth-order valence-corrected chi connectivity index (χ4v) is 2.41. The molecule has 1 aliphatic rings. The lowest BCUT2D eigenvalue weighted by atomic mass is 10.0. The molecule has 1 saturated heterocycles. The Bertz CT molecular complexity index is 439. The molecule has 4 heteroatoms. The van der Waals surface area contributed by atoms with E-state index in [1.54, 1.807) is 24.8 Å². The van der Waals surface area contributed by atoms with Crippen LogP contribution in [0.4, 0.5) is 4.39 Å². The molecule has 98 valence electrons. The molecule has 2 rings (SSSR count). The molecule has 0 aromatic heterocycles. The number of benzene rings is 1. The maximum Gasteiger partial charge on any atom is 0.253 e. The minimum Gasteiger partial charge on any atom is -0.393 e. The van der Waals surface area contributed by atoms with Crippen molar-refractivity contribution in [2.24, 2.45) is 5.92 Å². The summed E-state index contributed by atoms with van der Waals surface area (Å²) in [5, 5.41) is 9.51. The zero-order valence-corrected chi connectivity index (χ0v) is 10.7. The molecule has 2 atom stereocenters. The molecular weight excluding hydrogens is 233 g/mol. The zero-order valence-electron chi connectivity index (χ0n) is 10.7. The number of aryl methyl sites for hydroxylation is 1. The topological polar surface area (TPSA) is 40.5 Å². The monoisotopic (exact) mass is 251 g/mol. The highest BCUT2D eigenvalue weighted by Crippen LogP contribution is 2.22. The summed E-state index contributed by atoms with van der Waals surface area (Å²) in [4.78, 5) is 13.9. The first-order valence-electron chi connectivity index (χ1n) is 6.22. The van der Waals surface area contributed by atoms with Gasteiger partial charge >= 0.3 is 0 Å². The van der Waals surface area contributed by atoms with E-state index in [0.717, 1.165) is 12.0 Å². The summed E-state index contributed by atoms with van der Waals surface area (Å²) >= 11 is 0. The molecule has 0 saturated carbocycles. The van der Waals surface area contributed by atoms with E-state index in [2.05, 4.69) is 0 Å². The maximum absolute atomic E-state index is 13.3. The van der Waals surface area contributed by atoms with Gasteiger partial charge in [-0.25, -0.2) is 4.39 Å². The van der Waals surface area contributed by atoms with Gasteiger partial charge in [0.05, 0.1) is 6.10 Å². The predicted octanol–water partition coefficient (Wildman–Crippen LogP) is 1.98. The van der Waals surface area contributed by atoms with Crippen molar-refractivity contribution in [1.29, 1.82) is 0 Å². The molecule has 1 aromatic rings. The quantitative estimate of drug-likeness (QED) is 0.873. The van der Waals surface area contributed by atoms with Crippen molar-refractivity contribution >= 4 is 5.91 Å². The summed E-state index contributed by atoms with van der Waals surface area (Å²) in [6, 6.07) is 4.37. The van der Waals surface area contributed by atoms with Gasteiger partial charge in [-0.15, -0.1) is 0 Å². The van der Waals surface area contributed by atoms with Gasteiger partial charge in [0.1, 0.15) is 5.82 Å². The van der Waals surface area contributed by atoms with Gasteiger partial charge in [0, 0.05) is 24.6 Å². The highest BCUT2D eigenvalue weighted by molar-refractivity contribution is 5.94. The highest BCUT2D eigenvalue weighted by Gasteiger charge is 2.29. The third kappa shape index (κ3) is 2.70. The lowest BCUT2D eigenvalue weighted by Gasteiger charge is -2.18. The van der Waals surface area contributed by atoms with Crippen LogP contribution in [0, 0.1) is 18.7 Å². The van der Waals surface area contributed by atoms with Crippen LogP contribution in [0.2, 0.25) is 0 Å². The Morgan fingerprint density at radius 2 is 2.22 bits per heavy atom. The lowest BCUT2D eigenvalue weighted by molar-refractivity contribution is 0.0762. The second-order valence-corrected chi connectivity index (χ2v) is 5.06. The van der Waals surface area contributed by atoms with Gasteiger partial charge < -0.3 is 10.0 Å². The predicted molar refractivity (Wildman–Crippen MR) is 66.8 cm³/mol. The molecule has 3 nitrogen and oxygen atoms in total. The van der Waals surface area contributed by atoms with Crippen LogP contribution in [0.1, 0.15) is 29.3 Å². The van der Waals surface area contributed by atoms with E-state index in [9.17, 15) is 14.3 Å². The van der Waals surface area contributed by atoms with Crippen molar-refractivity contribution in [2.75, 3.05) is 13.1 Å². The second kappa shape index (κ2) is 5.06. The third-order valence-corrected chi connectivity index (χ3v) is 3.48. The number of halogens is 1. The van der Waals surface area contributed by atoms with E-state index in [-0.39, 0.29) is 17.6 Å². The molecule has 1 aromatic carbocycles. The number of carbonyl (C=O) groups is 1. The Balaban J connectivity index is 2.12. The van der Waals surface area contributed by atoms with Crippen molar-refractivity contribution in [1.82, 2.24) is 4.90 Å². The summed E-state index contributed by atoms with van der Waals surface area (Å²) in [6.45, 7) is 4.68. The summed E-state index contributed by atoms with van der Waals surface area (Å²) in [6.07, 6.45) is 0.398. The number of rotatable bonds is 2. The number of hydrogen-bond donors (Lipinski definition) is 1. The van der Waals surface area contributed by atoms with Gasteiger partial charge in [-0.1, -0.05) is 0 Å². The van der Waals surface area contributed by atoms with Crippen LogP contribution in [-0.2, 0) is 0 Å². The average Bonchev–Trinajstić information content (AvgIpc) is 2.75. The van der Waals surface area contributed by atoms with E-state index < -0.39 is 6.10 Å². The fourth-order valence-electron chi connectivity index (χ4n) is 2.41. The maximum atomic E-state index is 13.3. The minimum absolute atomic E-state index is 0.128. The Morgan fingerprint density at radius 3 is 2.78 bits per heavy atom. The average molecular weight is 251 g/mol. The van der Waals surface area contributed by atoms with Crippen molar-refractivity contribution < 1.29 is 14.3 Å². The summed E-state index contributed by atoms with van der Waals surface area (Å²) < 4.78 is 13.3. The molecule has 18 heavy (non-hydrogen) atoms. The smallest absolute Gasteiger partial charge is 0.253 e. The number of amides is 1. The molecule has 1 aliphatic heterocycles. The van der Waals surface area contributed by atoms with Gasteiger partial charge in [-0.2, -0.15) is 0 Å². The number of nitrogens with zero attached hydrogens (tertiary/aromatic N) is 1. The SMILES string of the molecule is Cc1cc(F)cc(C(=O)N2CCC(C(C)O)C2)c1. The normalized spacial score (nSPS) is 21.1. The van der Waals surface area contributed by atoms with Gasteiger partial charge in [0.25, 0.3) is 5.91 Å². The van der Waals surface area contributed by atoms with Gasteiger partial charge in [-0.3, -0.25) is 4.79 Å². The number of hydrogen-bond acceptors (Lipinski definition) is 2. The summed E-state index contributed by atoms with van der Waals surface area (Å²) in [5.41, 5.74) is 1.13. The highest BCUT2D eigenvalue weighted by atomic mass is 19.1. The second-order valence-electron chi connectivity index (χ2n) is 5.06. The van der Waals surface area contributed by atoms with Gasteiger partial charge in [0.15, 0.2) is 0 Å². The van der Waals surface area contributed by atoms with E-state index in [1.807, 2.05) is 0 Å². The largest absolute Gasteiger partial charge is 0.393 e. The molecule has 1 heterocycles.